The van der Waals surface area contributed by atoms with Crippen LogP contribution in [0, 0.1) is 6.92 Å². The third kappa shape index (κ3) is 2.81. The molecule has 0 aromatic carbocycles. The fourth-order valence-corrected chi connectivity index (χ4v) is 2.48. The van der Waals surface area contributed by atoms with Crippen LogP contribution in [0.25, 0.3) is 0 Å². The van der Waals surface area contributed by atoms with E-state index in [-0.39, 0.29) is 16.8 Å². The molecule has 0 saturated heterocycles. The van der Waals surface area contributed by atoms with E-state index in [9.17, 15) is 9.59 Å². The van der Waals surface area contributed by atoms with Crippen LogP contribution in [0.15, 0.2) is 15.3 Å². The summed E-state index contributed by atoms with van der Waals surface area (Å²) in [6.45, 7) is 3.12. The topological polar surface area (TPSA) is 59.3 Å². The highest BCUT2D eigenvalue weighted by molar-refractivity contribution is 5.98. The number of rotatable bonds is 3. The molecule has 0 spiro atoms. The third-order valence-corrected chi connectivity index (χ3v) is 3.36. The molecular formula is C14H19NO3. The summed E-state index contributed by atoms with van der Waals surface area (Å²) in [6, 6.07) is 1.67. The number of ketones is 1. The molecule has 4 heteroatoms. The first kappa shape index (κ1) is 12.9. The number of hydrogen-bond donors (Lipinski definition) is 1. The predicted molar refractivity (Wildman–Crippen MR) is 70.2 cm³/mol. The van der Waals surface area contributed by atoms with Crippen molar-refractivity contribution in [2.45, 2.75) is 52.0 Å². The van der Waals surface area contributed by atoms with E-state index >= 15 is 0 Å². The summed E-state index contributed by atoms with van der Waals surface area (Å²) in [5, 5.41) is 3.22. The average Bonchev–Trinajstić information content (AvgIpc) is 2.28. The largest absolute Gasteiger partial charge is 0.445 e. The molecule has 18 heavy (non-hydrogen) atoms. The van der Waals surface area contributed by atoms with Gasteiger partial charge >= 0.3 is 0 Å². The Morgan fingerprint density at radius 3 is 2.61 bits per heavy atom. The van der Waals surface area contributed by atoms with Crippen molar-refractivity contribution in [3.05, 3.63) is 27.6 Å². The molecule has 0 radical (unpaired) electrons. The highest BCUT2D eigenvalue weighted by Gasteiger charge is 2.20. The lowest BCUT2D eigenvalue weighted by atomic mass is 9.95. The monoisotopic (exact) mass is 249 g/mol. The second kappa shape index (κ2) is 5.38. The predicted octanol–water partition coefficient (Wildman–Crippen LogP) is 2.90. The van der Waals surface area contributed by atoms with Gasteiger partial charge in [-0.05, 0) is 26.7 Å². The number of anilines is 1. The van der Waals surface area contributed by atoms with Gasteiger partial charge in [-0.2, -0.15) is 0 Å². The van der Waals surface area contributed by atoms with Crippen LogP contribution in [0.5, 0.6) is 0 Å². The fourth-order valence-electron chi connectivity index (χ4n) is 2.48. The average molecular weight is 249 g/mol. The third-order valence-electron chi connectivity index (χ3n) is 3.36. The fraction of sp³-hybridized carbons (Fsp3) is 0.571. The van der Waals surface area contributed by atoms with Crippen LogP contribution in [0.3, 0.4) is 0 Å². The first-order chi connectivity index (χ1) is 8.58. The van der Waals surface area contributed by atoms with Gasteiger partial charge in [0.25, 0.3) is 0 Å². The Morgan fingerprint density at radius 1 is 1.33 bits per heavy atom. The van der Waals surface area contributed by atoms with Gasteiger partial charge in [-0.1, -0.05) is 19.3 Å². The lowest BCUT2D eigenvalue weighted by Crippen LogP contribution is -2.25. The van der Waals surface area contributed by atoms with Crippen molar-refractivity contribution in [2.24, 2.45) is 0 Å². The Kier molecular flexibility index (Phi) is 3.84. The van der Waals surface area contributed by atoms with Crippen molar-refractivity contribution >= 4 is 11.7 Å². The maximum atomic E-state index is 11.8. The summed E-state index contributed by atoms with van der Waals surface area (Å²) in [5.74, 6) is 0.629. The van der Waals surface area contributed by atoms with E-state index in [0.717, 1.165) is 12.8 Å². The number of carbonyl (C=O) groups excluding carboxylic acids is 1. The molecule has 1 aliphatic rings. The molecule has 1 heterocycles. The minimum absolute atomic E-state index is 0.145. The molecule has 0 amide bonds. The van der Waals surface area contributed by atoms with Gasteiger partial charge in [-0.3, -0.25) is 9.59 Å². The summed E-state index contributed by atoms with van der Waals surface area (Å²) in [6.07, 6.45) is 5.76. The summed E-state index contributed by atoms with van der Waals surface area (Å²) >= 11 is 0. The highest BCUT2D eigenvalue weighted by Crippen LogP contribution is 2.23. The molecule has 0 aliphatic heterocycles. The zero-order valence-corrected chi connectivity index (χ0v) is 10.9. The van der Waals surface area contributed by atoms with Crippen molar-refractivity contribution in [3.63, 3.8) is 0 Å². The molecule has 0 atom stereocenters. The van der Waals surface area contributed by atoms with E-state index in [2.05, 4.69) is 5.32 Å². The maximum absolute atomic E-state index is 11.8. The van der Waals surface area contributed by atoms with Crippen molar-refractivity contribution in [2.75, 3.05) is 5.32 Å². The Labute approximate surface area is 106 Å². The van der Waals surface area contributed by atoms with Gasteiger partial charge in [0.15, 0.2) is 11.2 Å². The minimum Gasteiger partial charge on any atom is -0.445 e. The molecule has 4 nitrogen and oxygen atoms in total. The summed E-state index contributed by atoms with van der Waals surface area (Å²) < 4.78 is 5.52. The Hall–Kier alpha value is -1.58. The van der Waals surface area contributed by atoms with E-state index in [1.165, 1.54) is 32.3 Å². The van der Waals surface area contributed by atoms with Gasteiger partial charge in [-0.15, -0.1) is 0 Å². The first-order valence-electron chi connectivity index (χ1n) is 6.50. The minimum atomic E-state index is -0.260. The maximum Gasteiger partial charge on any atom is 0.208 e. The zero-order chi connectivity index (χ0) is 13.1. The molecule has 98 valence electrons. The van der Waals surface area contributed by atoms with E-state index in [1.54, 1.807) is 6.92 Å². The number of Topliss-reactive ketones (excluding diaryl/α,β-unsaturated/α-hetero) is 1. The number of carbonyl (C=O) groups is 1. The Bertz CT molecular complexity index is 498. The Morgan fingerprint density at radius 2 is 2.00 bits per heavy atom. The normalized spacial score (nSPS) is 16.6. The van der Waals surface area contributed by atoms with Crippen LogP contribution in [-0.4, -0.2) is 11.8 Å². The van der Waals surface area contributed by atoms with E-state index in [4.69, 9.17) is 4.42 Å². The van der Waals surface area contributed by atoms with Gasteiger partial charge in [0.2, 0.25) is 5.88 Å². The first-order valence-corrected chi connectivity index (χ1v) is 6.50. The molecule has 1 fully saturated rings. The van der Waals surface area contributed by atoms with E-state index in [1.807, 2.05) is 0 Å². The molecule has 1 aliphatic carbocycles. The molecule has 1 saturated carbocycles. The second-order valence-corrected chi connectivity index (χ2v) is 4.96. The van der Waals surface area contributed by atoms with Crippen LogP contribution in [-0.2, 0) is 0 Å². The summed E-state index contributed by atoms with van der Waals surface area (Å²) in [4.78, 5) is 23.4. The second-order valence-electron chi connectivity index (χ2n) is 4.96. The van der Waals surface area contributed by atoms with Gasteiger partial charge in [0, 0.05) is 12.1 Å². The van der Waals surface area contributed by atoms with Crippen LogP contribution in [0.2, 0.25) is 0 Å². The van der Waals surface area contributed by atoms with Crippen LogP contribution in [0.1, 0.15) is 55.1 Å². The summed E-state index contributed by atoms with van der Waals surface area (Å²) in [7, 11) is 0. The van der Waals surface area contributed by atoms with Crippen molar-refractivity contribution in [1.29, 1.82) is 0 Å². The van der Waals surface area contributed by atoms with Crippen LogP contribution >= 0.6 is 0 Å². The molecule has 0 unspecified atom stereocenters. The number of nitrogens with one attached hydrogen (secondary N) is 1. The Balaban J connectivity index is 2.30. The van der Waals surface area contributed by atoms with Gasteiger partial charge in [0.05, 0.1) is 0 Å². The molecule has 2 rings (SSSR count). The smallest absolute Gasteiger partial charge is 0.208 e. The zero-order valence-electron chi connectivity index (χ0n) is 10.9. The van der Waals surface area contributed by atoms with Gasteiger partial charge in [0.1, 0.15) is 11.3 Å². The quantitative estimate of drug-likeness (QED) is 0.837. The van der Waals surface area contributed by atoms with Gasteiger partial charge in [-0.25, -0.2) is 0 Å². The summed E-state index contributed by atoms with van der Waals surface area (Å²) in [5.41, 5.74) is -0.115. The molecule has 1 aromatic rings. The van der Waals surface area contributed by atoms with Gasteiger partial charge < -0.3 is 9.73 Å². The van der Waals surface area contributed by atoms with Crippen molar-refractivity contribution < 1.29 is 9.21 Å². The molecule has 0 bridgehead atoms. The highest BCUT2D eigenvalue weighted by atomic mass is 16.4. The van der Waals surface area contributed by atoms with E-state index in [0.29, 0.717) is 17.7 Å². The number of aryl methyl sites for hydroxylation is 1. The number of hydrogen-bond acceptors (Lipinski definition) is 4. The van der Waals surface area contributed by atoms with E-state index < -0.39 is 0 Å². The molecular weight excluding hydrogens is 230 g/mol. The van der Waals surface area contributed by atoms with Crippen molar-refractivity contribution in [3.8, 4) is 0 Å². The lowest BCUT2D eigenvalue weighted by Gasteiger charge is -2.23. The SMILES string of the molecule is CC(=O)c1c(NC2CCCCC2)oc(C)cc1=O. The molecule has 1 N–H and O–H groups in total. The lowest BCUT2D eigenvalue weighted by molar-refractivity contribution is 0.101. The van der Waals surface area contributed by atoms with Crippen LogP contribution in [0.4, 0.5) is 5.88 Å². The van der Waals surface area contributed by atoms with Crippen molar-refractivity contribution in [1.82, 2.24) is 0 Å². The van der Waals surface area contributed by atoms with Crippen LogP contribution < -0.4 is 10.7 Å². The standard InChI is InChI=1S/C14H19NO3/c1-9-8-12(17)13(10(2)16)14(18-9)15-11-6-4-3-5-7-11/h8,11,15H,3-7H2,1-2H3. The molecule has 1 aromatic heterocycles.